The predicted octanol–water partition coefficient (Wildman–Crippen LogP) is 2.41. The molecule has 0 bridgehead atoms. The number of benzene rings is 1. The van der Waals surface area contributed by atoms with Crippen molar-refractivity contribution in [2.24, 2.45) is 0 Å². The Hall–Kier alpha value is -1.24. The van der Waals surface area contributed by atoms with Crippen LogP contribution < -0.4 is 0 Å². The third-order valence-electron chi connectivity index (χ3n) is 4.04. The Balaban J connectivity index is 1.80. The molecule has 0 radical (unpaired) electrons. The molecule has 0 saturated carbocycles. The van der Waals surface area contributed by atoms with Gasteiger partial charge in [0.1, 0.15) is 12.1 Å². The SMILES string of the molecule is COC(CN1C(=O)C2CSCCN2C1=O)c1ccccc1Cl. The van der Waals surface area contributed by atoms with E-state index in [1.54, 1.807) is 29.8 Å². The smallest absolute Gasteiger partial charge is 0.327 e. The summed E-state index contributed by atoms with van der Waals surface area (Å²) in [6, 6.07) is 6.78. The van der Waals surface area contributed by atoms with E-state index in [0.717, 1.165) is 11.3 Å². The topological polar surface area (TPSA) is 49.9 Å². The van der Waals surface area contributed by atoms with Crippen molar-refractivity contribution < 1.29 is 14.3 Å². The fourth-order valence-corrected chi connectivity index (χ4v) is 4.13. The molecule has 2 aliphatic heterocycles. The molecular formula is C15H17ClN2O3S. The molecule has 118 valence electrons. The number of methoxy groups -OCH3 is 1. The van der Waals surface area contributed by atoms with E-state index in [9.17, 15) is 9.59 Å². The van der Waals surface area contributed by atoms with Crippen LogP contribution >= 0.6 is 23.4 Å². The second-order valence-electron chi connectivity index (χ2n) is 5.26. The van der Waals surface area contributed by atoms with Gasteiger partial charge in [0.2, 0.25) is 0 Å². The Kier molecular flexibility index (Phi) is 4.61. The first kappa shape index (κ1) is 15.6. The van der Waals surface area contributed by atoms with Crippen molar-refractivity contribution in [2.75, 3.05) is 31.7 Å². The maximum Gasteiger partial charge on any atom is 0.327 e. The van der Waals surface area contributed by atoms with Crippen LogP contribution in [0.3, 0.4) is 0 Å². The molecule has 3 rings (SSSR count). The molecule has 2 unspecified atom stereocenters. The molecule has 0 spiro atoms. The highest BCUT2D eigenvalue weighted by Gasteiger charge is 2.46. The van der Waals surface area contributed by atoms with Crippen molar-refractivity contribution in [1.29, 1.82) is 0 Å². The lowest BCUT2D eigenvalue weighted by Crippen LogP contribution is -2.41. The van der Waals surface area contributed by atoms with E-state index in [4.69, 9.17) is 16.3 Å². The minimum Gasteiger partial charge on any atom is -0.375 e. The van der Waals surface area contributed by atoms with Gasteiger partial charge in [0.15, 0.2) is 0 Å². The Morgan fingerprint density at radius 3 is 2.86 bits per heavy atom. The van der Waals surface area contributed by atoms with E-state index in [-0.39, 0.29) is 24.5 Å². The summed E-state index contributed by atoms with van der Waals surface area (Å²) in [5.41, 5.74) is 0.784. The first-order chi connectivity index (χ1) is 10.6. The summed E-state index contributed by atoms with van der Waals surface area (Å²) < 4.78 is 5.47. The lowest BCUT2D eigenvalue weighted by atomic mass is 10.1. The van der Waals surface area contributed by atoms with Crippen molar-refractivity contribution in [3.05, 3.63) is 34.9 Å². The van der Waals surface area contributed by atoms with Crippen molar-refractivity contribution in [1.82, 2.24) is 9.80 Å². The Morgan fingerprint density at radius 2 is 2.18 bits per heavy atom. The summed E-state index contributed by atoms with van der Waals surface area (Å²) >= 11 is 7.90. The lowest BCUT2D eigenvalue weighted by Gasteiger charge is -2.25. The van der Waals surface area contributed by atoms with Gasteiger partial charge in [-0.1, -0.05) is 29.8 Å². The monoisotopic (exact) mass is 340 g/mol. The fourth-order valence-electron chi connectivity index (χ4n) is 2.84. The third kappa shape index (κ3) is 2.71. The first-order valence-electron chi connectivity index (χ1n) is 7.10. The van der Waals surface area contributed by atoms with Crippen molar-refractivity contribution in [3.8, 4) is 0 Å². The third-order valence-corrected chi connectivity index (χ3v) is 5.41. The van der Waals surface area contributed by atoms with E-state index < -0.39 is 6.10 Å². The van der Waals surface area contributed by atoms with Crippen LogP contribution in [0.1, 0.15) is 11.7 Å². The minimum atomic E-state index is -0.421. The number of ether oxygens (including phenoxy) is 1. The maximum absolute atomic E-state index is 12.5. The van der Waals surface area contributed by atoms with E-state index >= 15 is 0 Å². The molecule has 1 aromatic carbocycles. The van der Waals surface area contributed by atoms with Gasteiger partial charge < -0.3 is 9.64 Å². The second-order valence-corrected chi connectivity index (χ2v) is 6.82. The first-order valence-corrected chi connectivity index (χ1v) is 8.63. The van der Waals surface area contributed by atoms with E-state index in [1.165, 1.54) is 4.90 Å². The molecule has 2 aliphatic rings. The normalized spacial score (nSPS) is 22.9. The number of urea groups is 1. The molecule has 7 heteroatoms. The Bertz CT molecular complexity index is 574. The van der Waals surface area contributed by atoms with Crippen LogP contribution in [0.15, 0.2) is 24.3 Å². The Labute approximate surface area is 138 Å². The molecule has 2 fully saturated rings. The van der Waals surface area contributed by atoms with Crippen LogP contribution in [0.25, 0.3) is 0 Å². The number of amides is 3. The predicted molar refractivity (Wildman–Crippen MR) is 86.1 cm³/mol. The van der Waals surface area contributed by atoms with Crippen molar-refractivity contribution >= 4 is 35.3 Å². The van der Waals surface area contributed by atoms with Crippen LogP contribution in [0.4, 0.5) is 4.79 Å². The summed E-state index contributed by atoms with van der Waals surface area (Å²) in [6.07, 6.45) is -0.421. The van der Waals surface area contributed by atoms with Crippen molar-refractivity contribution in [3.63, 3.8) is 0 Å². The van der Waals surface area contributed by atoms with E-state index in [1.807, 2.05) is 18.2 Å². The summed E-state index contributed by atoms with van der Waals surface area (Å²) in [5, 5.41) is 0.571. The number of thioether (sulfide) groups is 1. The van der Waals surface area contributed by atoms with Gasteiger partial charge in [-0.3, -0.25) is 9.69 Å². The number of carbonyl (C=O) groups is 2. The number of rotatable bonds is 4. The van der Waals surface area contributed by atoms with Crippen molar-refractivity contribution in [2.45, 2.75) is 12.1 Å². The molecule has 3 amide bonds. The van der Waals surface area contributed by atoms with E-state index in [2.05, 4.69) is 0 Å². The van der Waals surface area contributed by atoms with Gasteiger partial charge in [0, 0.05) is 35.7 Å². The minimum absolute atomic E-state index is 0.133. The molecule has 1 aromatic rings. The summed E-state index contributed by atoms with van der Waals surface area (Å²) in [5.74, 6) is 1.41. The number of nitrogens with zero attached hydrogens (tertiary/aromatic N) is 2. The molecule has 22 heavy (non-hydrogen) atoms. The van der Waals surface area contributed by atoms with Crippen LogP contribution in [-0.2, 0) is 9.53 Å². The summed E-state index contributed by atoms with van der Waals surface area (Å²) in [7, 11) is 1.56. The average Bonchev–Trinajstić information content (AvgIpc) is 2.78. The van der Waals surface area contributed by atoms with Gasteiger partial charge in [0.25, 0.3) is 5.91 Å². The Morgan fingerprint density at radius 1 is 1.41 bits per heavy atom. The molecule has 2 saturated heterocycles. The number of hydrogen-bond donors (Lipinski definition) is 0. The quantitative estimate of drug-likeness (QED) is 0.790. The molecular weight excluding hydrogens is 324 g/mol. The highest BCUT2D eigenvalue weighted by molar-refractivity contribution is 7.99. The average molecular weight is 341 g/mol. The zero-order valence-electron chi connectivity index (χ0n) is 12.2. The van der Waals surface area contributed by atoms with Gasteiger partial charge in [-0.25, -0.2) is 4.79 Å². The van der Waals surface area contributed by atoms with Gasteiger partial charge >= 0.3 is 6.03 Å². The number of imide groups is 1. The molecule has 0 aliphatic carbocycles. The molecule has 2 heterocycles. The van der Waals surface area contributed by atoms with Gasteiger partial charge in [-0.15, -0.1) is 0 Å². The standard InChI is InChI=1S/C15H17ClN2O3S/c1-21-13(10-4-2-3-5-11(10)16)8-18-14(19)12-9-22-7-6-17(12)15(18)20/h2-5,12-13H,6-9H2,1H3. The number of fused-ring (bicyclic) bond motifs is 1. The van der Waals surface area contributed by atoms with Gasteiger partial charge in [-0.05, 0) is 6.07 Å². The fraction of sp³-hybridized carbons (Fsp3) is 0.467. The second kappa shape index (κ2) is 6.48. The van der Waals surface area contributed by atoms with E-state index in [0.29, 0.717) is 17.3 Å². The van der Waals surface area contributed by atoms with Crippen LogP contribution in [0.2, 0.25) is 5.02 Å². The van der Waals surface area contributed by atoms with Crippen LogP contribution in [-0.4, -0.2) is 59.5 Å². The molecule has 0 N–H and O–H groups in total. The summed E-state index contributed by atoms with van der Waals surface area (Å²) in [4.78, 5) is 27.9. The molecule has 5 nitrogen and oxygen atoms in total. The largest absolute Gasteiger partial charge is 0.375 e. The highest BCUT2D eigenvalue weighted by Crippen LogP contribution is 2.30. The molecule has 0 aromatic heterocycles. The number of carbonyl (C=O) groups excluding carboxylic acids is 2. The van der Waals surface area contributed by atoms with Gasteiger partial charge in [-0.2, -0.15) is 11.8 Å². The zero-order chi connectivity index (χ0) is 15.7. The lowest BCUT2D eigenvalue weighted by molar-refractivity contribution is -0.129. The van der Waals surface area contributed by atoms with Gasteiger partial charge in [0.05, 0.1) is 6.54 Å². The molecule has 2 atom stereocenters. The maximum atomic E-state index is 12.5. The summed E-state index contributed by atoms with van der Waals surface area (Å²) in [6.45, 7) is 0.815. The van der Waals surface area contributed by atoms with Crippen LogP contribution in [0.5, 0.6) is 0 Å². The van der Waals surface area contributed by atoms with Crippen LogP contribution in [0, 0.1) is 0 Å². The number of halogens is 1. The number of hydrogen-bond acceptors (Lipinski definition) is 4. The zero-order valence-corrected chi connectivity index (χ0v) is 13.8. The highest BCUT2D eigenvalue weighted by atomic mass is 35.5.